The largest absolute Gasteiger partial charge is 0.393 e. The van der Waals surface area contributed by atoms with Crippen LogP contribution < -0.4 is 5.32 Å². The Balaban J connectivity index is 1.39. The van der Waals surface area contributed by atoms with Crippen molar-refractivity contribution in [1.82, 2.24) is 15.1 Å². The number of carbonyl (C=O) groups is 2. The van der Waals surface area contributed by atoms with Gasteiger partial charge in [-0.2, -0.15) is 13.2 Å². The number of amides is 3. The van der Waals surface area contributed by atoms with Crippen molar-refractivity contribution in [3.63, 3.8) is 0 Å². The Hall–Kier alpha value is -2.09. The highest BCUT2D eigenvalue weighted by molar-refractivity contribution is 6.07. The smallest absolute Gasteiger partial charge is 0.323 e. The van der Waals surface area contributed by atoms with E-state index in [1.165, 1.54) is 5.56 Å². The number of imide groups is 1. The molecule has 0 unspecified atom stereocenters. The quantitative estimate of drug-likeness (QED) is 0.772. The zero-order chi connectivity index (χ0) is 20.6. The van der Waals surface area contributed by atoms with Gasteiger partial charge in [0.15, 0.2) is 0 Å². The summed E-state index contributed by atoms with van der Waals surface area (Å²) in [4.78, 5) is 28.3. The van der Waals surface area contributed by atoms with Gasteiger partial charge in [-0.1, -0.05) is 30.3 Å². The molecule has 4 rings (SSSR count). The van der Waals surface area contributed by atoms with Gasteiger partial charge in [0.05, 0.1) is 12.6 Å². The van der Waals surface area contributed by atoms with E-state index in [1.54, 1.807) is 4.90 Å². The third-order valence-corrected chi connectivity index (χ3v) is 6.67. The fraction of sp³-hybridized carbons (Fsp3) is 0.619. The van der Waals surface area contributed by atoms with Crippen LogP contribution in [0.4, 0.5) is 18.0 Å². The Kier molecular flexibility index (Phi) is 5.31. The lowest BCUT2D eigenvalue weighted by Gasteiger charge is -2.37. The van der Waals surface area contributed by atoms with E-state index >= 15 is 0 Å². The molecule has 8 heteroatoms. The molecule has 29 heavy (non-hydrogen) atoms. The zero-order valence-electron chi connectivity index (χ0n) is 16.3. The maximum absolute atomic E-state index is 13.1. The van der Waals surface area contributed by atoms with Crippen LogP contribution in [0.1, 0.15) is 50.0 Å². The lowest BCUT2D eigenvalue weighted by atomic mass is 9.74. The average Bonchev–Trinajstić information content (AvgIpc) is 2.93. The number of nitrogens with zero attached hydrogens (tertiary/aromatic N) is 2. The van der Waals surface area contributed by atoms with Gasteiger partial charge in [-0.05, 0) is 56.6 Å². The second-order valence-corrected chi connectivity index (χ2v) is 8.53. The molecule has 1 spiro atoms. The van der Waals surface area contributed by atoms with Crippen molar-refractivity contribution in [3.8, 4) is 0 Å². The molecule has 1 saturated carbocycles. The molecular formula is C21H26F3N3O2. The molecule has 1 atom stereocenters. The number of alkyl halides is 3. The monoisotopic (exact) mass is 409 g/mol. The topological polar surface area (TPSA) is 52.7 Å². The van der Waals surface area contributed by atoms with Gasteiger partial charge in [-0.15, -0.1) is 0 Å². The SMILES string of the molecule is O=C1NC2(CCC(c3ccccc3)CC2)C(=O)N1CN1CCC[C@@H](C(F)(F)F)C1. The summed E-state index contributed by atoms with van der Waals surface area (Å²) in [5.41, 5.74) is 0.337. The van der Waals surface area contributed by atoms with Gasteiger partial charge in [0.1, 0.15) is 5.54 Å². The van der Waals surface area contributed by atoms with Crippen molar-refractivity contribution in [1.29, 1.82) is 0 Å². The lowest BCUT2D eigenvalue weighted by molar-refractivity contribution is -0.187. The van der Waals surface area contributed by atoms with Crippen LogP contribution in [0, 0.1) is 5.92 Å². The molecule has 2 heterocycles. The summed E-state index contributed by atoms with van der Waals surface area (Å²) < 4.78 is 39.2. The first-order valence-corrected chi connectivity index (χ1v) is 10.3. The summed E-state index contributed by atoms with van der Waals surface area (Å²) in [6, 6.07) is 9.64. The summed E-state index contributed by atoms with van der Waals surface area (Å²) in [7, 11) is 0. The van der Waals surface area contributed by atoms with Crippen LogP contribution in [0.25, 0.3) is 0 Å². The van der Waals surface area contributed by atoms with E-state index in [-0.39, 0.29) is 25.5 Å². The molecule has 5 nitrogen and oxygen atoms in total. The molecule has 0 aromatic heterocycles. The summed E-state index contributed by atoms with van der Waals surface area (Å²) in [6.07, 6.45) is -1.03. The third kappa shape index (κ3) is 3.99. The van der Waals surface area contributed by atoms with Gasteiger partial charge in [0, 0.05) is 6.54 Å². The number of rotatable bonds is 3. The standard InChI is InChI=1S/C21H26F3N3O2/c22-21(23,24)17-7-4-12-26(13-17)14-27-18(28)20(25-19(27)29)10-8-16(9-11-20)15-5-2-1-3-6-15/h1-3,5-6,16-17H,4,7-14H2,(H,25,29)/t16?,17-,20?/m1/s1. The van der Waals surface area contributed by atoms with Gasteiger partial charge >= 0.3 is 12.2 Å². The predicted molar refractivity (Wildman–Crippen MR) is 101 cm³/mol. The highest BCUT2D eigenvalue weighted by Crippen LogP contribution is 2.41. The number of piperidine rings is 1. The van der Waals surface area contributed by atoms with Gasteiger partial charge in [0.2, 0.25) is 0 Å². The van der Waals surface area contributed by atoms with E-state index in [1.807, 2.05) is 18.2 Å². The summed E-state index contributed by atoms with van der Waals surface area (Å²) in [5.74, 6) is -1.33. The van der Waals surface area contributed by atoms with Crippen LogP contribution in [0.15, 0.2) is 30.3 Å². The molecule has 0 bridgehead atoms. The van der Waals surface area contributed by atoms with E-state index in [4.69, 9.17) is 0 Å². The molecule has 1 aliphatic carbocycles. The van der Waals surface area contributed by atoms with E-state index in [9.17, 15) is 22.8 Å². The molecule has 0 radical (unpaired) electrons. The number of nitrogens with one attached hydrogen (secondary N) is 1. The fourth-order valence-electron chi connectivity index (χ4n) is 4.96. The van der Waals surface area contributed by atoms with Crippen molar-refractivity contribution < 1.29 is 22.8 Å². The molecule has 1 N–H and O–H groups in total. The van der Waals surface area contributed by atoms with Gasteiger partial charge in [-0.3, -0.25) is 9.69 Å². The van der Waals surface area contributed by atoms with Crippen molar-refractivity contribution >= 4 is 11.9 Å². The van der Waals surface area contributed by atoms with E-state index in [2.05, 4.69) is 17.4 Å². The maximum atomic E-state index is 13.1. The molecule has 158 valence electrons. The van der Waals surface area contributed by atoms with E-state index in [0.717, 1.165) is 17.7 Å². The Morgan fingerprint density at radius 2 is 1.76 bits per heavy atom. The van der Waals surface area contributed by atoms with Crippen LogP contribution >= 0.6 is 0 Å². The van der Waals surface area contributed by atoms with E-state index < -0.39 is 23.7 Å². The average molecular weight is 409 g/mol. The highest BCUT2D eigenvalue weighted by Gasteiger charge is 2.53. The molecular weight excluding hydrogens is 383 g/mol. The lowest BCUT2D eigenvalue weighted by Crippen LogP contribution is -2.51. The van der Waals surface area contributed by atoms with Crippen molar-refractivity contribution in [2.45, 2.75) is 56.2 Å². The van der Waals surface area contributed by atoms with Crippen LogP contribution in [0.2, 0.25) is 0 Å². The number of urea groups is 1. The second kappa shape index (κ2) is 7.63. The minimum Gasteiger partial charge on any atom is -0.323 e. The van der Waals surface area contributed by atoms with Crippen LogP contribution in [-0.2, 0) is 4.79 Å². The Labute approximate surface area is 168 Å². The highest BCUT2D eigenvalue weighted by atomic mass is 19.4. The van der Waals surface area contributed by atoms with Crippen LogP contribution in [0.5, 0.6) is 0 Å². The van der Waals surface area contributed by atoms with Crippen LogP contribution in [0.3, 0.4) is 0 Å². The maximum Gasteiger partial charge on any atom is 0.393 e. The van der Waals surface area contributed by atoms with Crippen LogP contribution in [-0.4, -0.2) is 53.2 Å². The Morgan fingerprint density at radius 3 is 2.41 bits per heavy atom. The molecule has 3 fully saturated rings. The second-order valence-electron chi connectivity index (χ2n) is 8.53. The summed E-state index contributed by atoms with van der Waals surface area (Å²) >= 11 is 0. The molecule has 1 aromatic carbocycles. The molecule has 1 aromatic rings. The van der Waals surface area contributed by atoms with Crippen molar-refractivity contribution in [2.24, 2.45) is 5.92 Å². The minimum absolute atomic E-state index is 0.0683. The first-order valence-electron chi connectivity index (χ1n) is 10.3. The number of hydrogen-bond donors (Lipinski definition) is 1. The fourth-order valence-corrected chi connectivity index (χ4v) is 4.96. The van der Waals surface area contributed by atoms with Gasteiger partial charge in [-0.25, -0.2) is 9.69 Å². The minimum atomic E-state index is -4.24. The number of hydrogen-bond acceptors (Lipinski definition) is 3. The van der Waals surface area contributed by atoms with E-state index in [0.29, 0.717) is 31.7 Å². The first-order chi connectivity index (χ1) is 13.8. The van der Waals surface area contributed by atoms with Crippen molar-refractivity contribution in [3.05, 3.63) is 35.9 Å². The normalized spacial score (nSPS) is 31.3. The Morgan fingerprint density at radius 1 is 1.07 bits per heavy atom. The number of likely N-dealkylation sites (tertiary alicyclic amines) is 1. The summed E-state index contributed by atoms with van der Waals surface area (Å²) in [6.45, 7) is 0.234. The van der Waals surface area contributed by atoms with Crippen molar-refractivity contribution in [2.75, 3.05) is 19.8 Å². The summed E-state index contributed by atoms with van der Waals surface area (Å²) in [5, 5.41) is 2.86. The number of benzene rings is 1. The number of carbonyl (C=O) groups excluding carboxylic acids is 2. The molecule has 3 amide bonds. The molecule has 2 saturated heterocycles. The van der Waals surface area contributed by atoms with Gasteiger partial charge in [0.25, 0.3) is 5.91 Å². The number of halogens is 3. The third-order valence-electron chi connectivity index (χ3n) is 6.67. The Bertz CT molecular complexity index is 760. The first kappa shape index (κ1) is 20.2. The predicted octanol–water partition coefficient (Wildman–Crippen LogP) is 3.87. The zero-order valence-corrected chi connectivity index (χ0v) is 16.3. The van der Waals surface area contributed by atoms with Gasteiger partial charge < -0.3 is 5.32 Å². The molecule has 2 aliphatic heterocycles. The molecule has 3 aliphatic rings.